The smallest absolute Gasteiger partial charge is 0.233 e. The summed E-state index contributed by atoms with van der Waals surface area (Å²) in [7, 11) is 0. The van der Waals surface area contributed by atoms with Gasteiger partial charge in [-0.25, -0.2) is 0 Å². The van der Waals surface area contributed by atoms with E-state index in [1.807, 2.05) is 4.90 Å². The van der Waals surface area contributed by atoms with E-state index in [4.69, 9.17) is 0 Å². The average Bonchev–Trinajstić information content (AvgIpc) is 3.34. The molecule has 3 heterocycles. The van der Waals surface area contributed by atoms with Crippen LogP contribution in [0.3, 0.4) is 0 Å². The number of nitrogens with zero attached hydrogens (tertiary/aromatic N) is 3. The second-order valence-corrected chi connectivity index (χ2v) is 10.6. The van der Waals surface area contributed by atoms with Gasteiger partial charge in [-0.2, -0.15) is 0 Å². The van der Waals surface area contributed by atoms with Crippen molar-refractivity contribution in [2.24, 2.45) is 5.41 Å². The van der Waals surface area contributed by atoms with E-state index in [0.717, 1.165) is 69.5 Å². The fourth-order valence-corrected chi connectivity index (χ4v) is 6.76. The molecule has 1 aliphatic carbocycles. The lowest BCUT2D eigenvalue weighted by atomic mass is 9.72. The van der Waals surface area contributed by atoms with E-state index >= 15 is 0 Å². The molecule has 1 unspecified atom stereocenters. The molecule has 1 amide bonds. The zero-order valence-corrected chi connectivity index (χ0v) is 19.4. The van der Waals surface area contributed by atoms with E-state index in [9.17, 15) is 9.90 Å². The van der Waals surface area contributed by atoms with Gasteiger partial charge >= 0.3 is 0 Å². The number of hydrogen-bond acceptors (Lipinski definition) is 4. The molecule has 5 rings (SSSR count). The Hall–Kier alpha value is -1.59. The minimum absolute atomic E-state index is 0.216. The van der Waals surface area contributed by atoms with Crippen molar-refractivity contribution >= 4 is 17.3 Å². The normalized spacial score (nSPS) is 33.1. The van der Waals surface area contributed by atoms with E-state index in [-0.39, 0.29) is 17.4 Å². The number of carbonyl (C=O) groups is 1. The summed E-state index contributed by atoms with van der Waals surface area (Å²) in [5.74, 6) is 0.288. The van der Waals surface area contributed by atoms with E-state index in [1.54, 1.807) is 0 Å². The number of aliphatic hydroxyl groups is 1. The molecule has 0 radical (unpaired) electrons. The van der Waals surface area contributed by atoms with Gasteiger partial charge in [0.25, 0.3) is 0 Å². The van der Waals surface area contributed by atoms with Crippen LogP contribution in [0.2, 0.25) is 0 Å². The number of piperidine rings is 1. The van der Waals surface area contributed by atoms with Gasteiger partial charge in [-0.15, -0.1) is 0 Å². The minimum atomic E-state index is -0.223. The van der Waals surface area contributed by atoms with Gasteiger partial charge in [0.05, 0.1) is 11.5 Å². The second-order valence-electron chi connectivity index (χ2n) is 10.6. The molecule has 1 atom stereocenters. The van der Waals surface area contributed by atoms with Gasteiger partial charge in [0.2, 0.25) is 5.91 Å². The summed E-state index contributed by atoms with van der Waals surface area (Å²) in [6, 6.07) is 8.20. The summed E-state index contributed by atoms with van der Waals surface area (Å²) in [6.07, 6.45) is 9.16. The number of amides is 1. The number of anilines is 2. The van der Waals surface area contributed by atoms with Crippen molar-refractivity contribution in [1.82, 2.24) is 4.90 Å². The third kappa shape index (κ3) is 3.89. The first-order chi connectivity index (χ1) is 15.0. The first-order valence-corrected chi connectivity index (χ1v) is 12.6. The van der Waals surface area contributed by atoms with Crippen LogP contribution >= 0.6 is 0 Å². The molecule has 1 saturated carbocycles. The first kappa shape index (κ1) is 21.3. The highest BCUT2D eigenvalue weighted by Gasteiger charge is 2.48. The maximum absolute atomic E-state index is 13.3. The van der Waals surface area contributed by atoms with Crippen LogP contribution < -0.4 is 9.80 Å². The van der Waals surface area contributed by atoms with Gasteiger partial charge < -0.3 is 14.9 Å². The molecule has 1 spiro atoms. The van der Waals surface area contributed by atoms with Crippen LogP contribution in [-0.2, 0) is 4.79 Å². The van der Waals surface area contributed by atoms with Crippen LogP contribution in [0.15, 0.2) is 18.2 Å². The predicted molar refractivity (Wildman–Crippen MR) is 126 cm³/mol. The SMILES string of the molecule is Cc1cc(N2CCC(N3CCCC3C)CC2)ccc1N1CCC2(CCC(O)CC2)C1=O. The Morgan fingerprint density at radius 2 is 1.71 bits per heavy atom. The Morgan fingerprint density at radius 1 is 0.968 bits per heavy atom. The third-order valence-electron chi connectivity index (χ3n) is 8.80. The molecule has 3 saturated heterocycles. The van der Waals surface area contributed by atoms with Crippen molar-refractivity contribution in [2.45, 2.75) is 89.8 Å². The van der Waals surface area contributed by atoms with Gasteiger partial charge in [0.1, 0.15) is 0 Å². The lowest BCUT2D eigenvalue weighted by molar-refractivity contribution is -0.128. The predicted octanol–water partition coefficient (Wildman–Crippen LogP) is 4.11. The lowest BCUT2D eigenvalue weighted by Crippen LogP contribution is -2.46. The van der Waals surface area contributed by atoms with Crippen molar-refractivity contribution in [1.29, 1.82) is 0 Å². The molecule has 4 fully saturated rings. The molecule has 4 aliphatic rings. The molecule has 5 heteroatoms. The van der Waals surface area contributed by atoms with Crippen molar-refractivity contribution in [3.8, 4) is 0 Å². The van der Waals surface area contributed by atoms with Gasteiger partial charge in [-0.3, -0.25) is 9.69 Å². The summed E-state index contributed by atoms with van der Waals surface area (Å²) in [5, 5.41) is 9.88. The molecule has 0 bridgehead atoms. The van der Waals surface area contributed by atoms with Gasteiger partial charge in [-0.05, 0) is 102 Å². The Morgan fingerprint density at radius 3 is 2.35 bits per heavy atom. The van der Waals surface area contributed by atoms with Crippen molar-refractivity contribution < 1.29 is 9.90 Å². The summed E-state index contributed by atoms with van der Waals surface area (Å²) in [5.41, 5.74) is 3.36. The van der Waals surface area contributed by atoms with Crippen LogP contribution in [-0.4, -0.2) is 60.3 Å². The number of likely N-dealkylation sites (tertiary alicyclic amines) is 1. The fourth-order valence-electron chi connectivity index (χ4n) is 6.76. The standard InChI is InChI=1S/C26H39N3O2/c1-19-18-22(27-15-9-21(10-16-27)28-14-3-4-20(28)2)5-6-24(19)29-17-13-26(25(29)31)11-7-23(30)8-12-26/h5-6,18,20-21,23,30H,3-4,7-17H2,1-2H3. The van der Waals surface area contributed by atoms with E-state index in [0.29, 0.717) is 0 Å². The second kappa shape index (κ2) is 8.40. The fraction of sp³-hybridized carbons (Fsp3) is 0.731. The largest absolute Gasteiger partial charge is 0.393 e. The topological polar surface area (TPSA) is 47.0 Å². The molecular weight excluding hydrogens is 386 g/mol. The molecule has 3 aliphatic heterocycles. The molecule has 31 heavy (non-hydrogen) atoms. The molecule has 0 aromatic heterocycles. The molecule has 1 aromatic carbocycles. The van der Waals surface area contributed by atoms with Crippen LogP contribution in [0.25, 0.3) is 0 Å². The monoisotopic (exact) mass is 425 g/mol. The lowest BCUT2D eigenvalue weighted by Gasteiger charge is -2.39. The number of aryl methyl sites for hydroxylation is 1. The highest BCUT2D eigenvalue weighted by molar-refractivity contribution is 6.00. The Balaban J connectivity index is 1.24. The van der Waals surface area contributed by atoms with E-state index < -0.39 is 0 Å². The minimum Gasteiger partial charge on any atom is -0.393 e. The molecule has 5 nitrogen and oxygen atoms in total. The highest BCUT2D eigenvalue weighted by Crippen LogP contribution is 2.46. The summed E-state index contributed by atoms with van der Waals surface area (Å²) in [4.78, 5) is 20.6. The van der Waals surface area contributed by atoms with E-state index in [1.165, 1.54) is 43.5 Å². The van der Waals surface area contributed by atoms with Gasteiger partial charge in [0, 0.05) is 43.1 Å². The van der Waals surface area contributed by atoms with Crippen LogP contribution in [0.5, 0.6) is 0 Å². The number of carbonyl (C=O) groups excluding carboxylic acids is 1. The third-order valence-corrected chi connectivity index (χ3v) is 8.80. The number of benzene rings is 1. The zero-order valence-electron chi connectivity index (χ0n) is 19.4. The van der Waals surface area contributed by atoms with Crippen molar-refractivity contribution in [3.63, 3.8) is 0 Å². The van der Waals surface area contributed by atoms with Crippen LogP contribution in [0, 0.1) is 12.3 Å². The maximum Gasteiger partial charge on any atom is 0.233 e. The Bertz CT molecular complexity index is 809. The maximum atomic E-state index is 13.3. The first-order valence-electron chi connectivity index (χ1n) is 12.6. The summed E-state index contributed by atoms with van der Waals surface area (Å²) >= 11 is 0. The van der Waals surface area contributed by atoms with Crippen molar-refractivity contribution in [2.75, 3.05) is 36.0 Å². The van der Waals surface area contributed by atoms with Gasteiger partial charge in [-0.1, -0.05) is 0 Å². The Kier molecular flexibility index (Phi) is 5.76. The molecule has 170 valence electrons. The zero-order chi connectivity index (χ0) is 21.6. The summed E-state index contributed by atoms with van der Waals surface area (Å²) in [6.45, 7) is 8.89. The molecule has 1 aromatic rings. The number of rotatable bonds is 3. The molecule has 1 N–H and O–H groups in total. The van der Waals surface area contributed by atoms with Crippen molar-refractivity contribution in [3.05, 3.63) is 23.8 Å². The summed E-state index contributed by atoms with van der Waals surface area (Å²) < 4.78 is 0. The van der Waals surface area contributed by atoms with Crippen LogP contribution in [0.4, 0.5) is 11.4 Å². The number of aliphatic hydroxyl groups excluding tert-OH is 1. The average molecular weight is 426 g/mol. The highest BCUT2D eigenvalue weighted by atomic mass is 16.3. The van der Waals surface area contributed by atoms with Crippen LogP contribution in [0.1, 0.15) is 70.3 Å². The molecular formula is C26H39N3O2. The van der Waals surface area contributed by atoms with E-state index in [2.05, 4.69) is 41.8 Å². The number of hydrogen-bond donors (Lipinski definition) is 1. The quantitative estimate of drug-likeness (QED) is 0.792. The Labute approximate surface area is 187 Å². The van der Waals surface area contributed by atoms with Gasteiger partial charge in [0.15, 0.2) is 0 Å².